The predicted octanol–water partition coefficient (Wildman–Crippen LogP) is 3.47. The summed E-state index contributed by atoms with van der Waals surface area (Å²) in [5.74, 6) is -8.87. The van der Waals surface area contributed by atoms with Gasteiger partial charge in [-0.25, -0.2) is 0 Å². The van der Waals surface area contributed by atoms with Crippen molar-refractivity contribution in [2.45, 2.75) is 207 Å². The van der Waals surface area contributed by atoms with Crippen LogP contribution in [0.5, 0.6) is 5.75 Å². The molecule has 0 unspecified atom stereocenters. The van der Waals surface area contributed by atoms with E-state index in [1.807, 2.05) is 55.4 Å². The van der Waals surface area contributed by atoms with Crippen LogP contribution in [0, 0.1) is 23.7 Å². The third-order valence-corrected chi connectivity index (χ3v) is 18.2. The van der Waals surface area contributed by atoms with E-state index in [1.165, 1.54) is 73.7 Å². The highest BCUT2D eigenvalue weighted by Gasteiger charge is 2.43. The lowest BCUT2D eigenvalue weighted by atomic mass is 9.96. The summed E-state index contributed by atoms with van der Waals surface area (Å²) in [7, 11) is 8.38. The van der Waals surface area contributed by atoms with Crippen molar-refractivity contribution in [1.82, 2.24) is 60.5 Å². The van der Waals surface area contributed by atoms with E-state index in [1.54, 1.807) is 79.4 Å². The number of nitrogens with one attached hydrogen (secondary N) is 4. The molecule has 4 rings (SSSR count). The predicted molar refractivity (Wildman–Crippen MR) is 372 cm³/mol. The first kappa shape index (κ1) is 82.3. The molecule has 2 aromatic rings. The van der Waals surface area contributed by atoms with Crippen LogP contribution in [0.2, 0.25) is 0 Å². The van der Waals surface area contributed by atoms with E-state index in [0.29, 0.717) is 37.2 Å². The second kappa shape index (κ2) is 39.4. The van der Waals surface area contributed by atoms with Gasteiger partial charge in [0.1, 0.15) is 66.7 Å². The standard InChI is InChI=1S/C72H114N12O14/c1-18-52-67(92)82(17)59(40-48(9)10)71(96)84(35-36-98-51-31-25-21-26-32-51)43-60(86)76-63(49(11)85)72(97)77(12)44-62(88)79(14)56(38-46(5)6)65(90)75-54(69(94)83-33-27-22-28-34-83)42-61(87)78(13)55(19-2)64(89)74-53(37-45(3)4)68(93)81(16)58(39-47(7)8)70(95)80(15)57(66(91)73-52)41-50-29-23-20-24-30-50/h20-21,23-26,29-32,45-49,52-59,63,85H,18-19,22,27-28,33-44H2,1-17H3,(H,73,91)(H,74,89)(H,75,90)(H,76,86)/t49-,52+,53+,54+,55+,56+,57+,58+,59+,63+/m1/s1. The van der Waals surface area contributed by atoms with Gasteiger partial charge in [-0.1, -0.05) is 118 Å². The van der Waals surface area contributed by atoms with Crippen LogP contribution in [0.25, 0.3) is 0 Å². The number of amides is 12. The Labute approximate surface area is 580 Å². The van der Waals surface area contributed by atoms with E-state index in [9.17, 15) is 38.7 Å². The van der Waals surface area contributed by atoms with Gasteiger partial charge < -0.3 is 70.3 Å². The Morgan fingerprint density at radius 2 is 0.980 bits per heavy atom. The number of likely N-dealkylation sites (tertiary alicyclic amines) is 1. The van der Waals surface area contributed by atoms with Gasteiger partial charge in [-0.05, 0) is 106 Å². The van der Waals surface area contributed by atoms with Gasteiger partial charge in [0.05, 0.1) is 32.2 Å². The Kier molecular flexibility index (Phi) is 33.1. The van der Waals surface area contributed by atoms with Crippen LogP contribution in [0.1, 0.15) is 146 Å². The average Bonchev–Trinajstić information content (AvgIpc) is 0.823. The highest BCUT2D eigenvalue weighted by atomic mass is 16.5. The van der Waals surface area contributed by atoms with E-state index in [2.05, 4.69) is 21.3 Å². The summed E-state index contributed by atoms with van der Waals surface area (Å²) in [5.41, 5.74) is 0.669. The number of ether oxygens (including phenoxy) is 1. The molecule has 2 heterocycles. The van der Waals surface area contributed by atoms with Crippen molar-refractivity contribution in [3.05, 3.63) is 66.2 Å². The minimum absolute atomic E-state index is 0.0277. The SMILES string of the molecule is CC[C@@H]1NC(=O)[C@H](Cc2ccccc2)N(C)C(=O)[C@H](CC(C)C)N(C)C(=O)[C@H](CC(C)C)NC(=O)[C@H](CC)N(C)C(=O)C[C@@H](C(=O)N2CCCCC2)NC(=O)[C@H](CC(C)C)N(C)C(=O)CN(C)C(=O)[C@H]([C@@H](C)O)NC(=O)CN(CCOc2ccccc2)C(=O)[C@H](CC(C)C)N(C)C1=O. The number of carbonyl (C=O) groups excluding carboxylic acids is 12. The Hall–Kier alpha value is -8.16. The van der Waals surface area contributed by atoms with Crippen LogP contribution >= 0.6 is 0 Å². The van der Waals surface area contributed by atoms with Gasteiger partial charge in [0.25, 0.3) is 0 Å². The fourth-order valence-electron chi connectivity index (χ4n) is 12.4. The first-order valence-corrected chi connectivity index (χ1v) is 34.9. The molecule has 2 fully saturated rings. The Balaban J connectivity index is 1.93. The summed E-state index contributed by atoms with van der Waals surface area (Å²) in [6.07, 6.45) is 0.520. The zero-order chi connectivity index (χ0) is 73.4. The third kappa shape index (κ3) is 24.1. The number of carbonyl (C=O) groups is 12. The lowest BCUT2D eigenvalue weighted by Gasteiger charge is -2.38. The fraction of sp³-hybridized carbons (Fsp3) is 0.667. The number of hydrogen-bond acceptors (Lipinski definition) is 14. The molecule has 10 atom stereocenters. The number of piperidine rings is 1. The molecule has 0 aliphatic carbocycles. The summed E-state index contributed by atoms with van der Waals surface area (Å²) >= 11 is 0. The molecule has 0 bridgehead atoms. The summed E-state index contributed by atoms with van der Waals surface area (Å²) in [6, 6.07) is 5.86. The van der Waals surface area contributed by atoms with E-state index < -0.39 is 151 Å². The van der Waals surface area contributed by atoms with Crippen molar-refractivity contribution in [2.75, 3.05) is 81.6 Å². The molecule has 26 heteroatoms. The number of benzene rings is 2. The lowest BCUT2D eigenvalue weighted by molar-refractivity contribution is -0.151. The summed E-state index contributed by atoms with van der Waals surface area (Å²) < 4.78 is 6.00. The number of hydrogen-bond donors (Lipinski definition) is 5. The molecule has 0 radical (unpaired) electrons. The normalized spacial score (nSPS) is 24.5. The van der Waals surface area contributed by atoms with Gasteiger partial charge in [-0.15, -0.1) is 0 Å². The molecule has 12 amide bonds. The fourth-order valence-corrected chi connectivity index (χ4v) is 12.4. The molecule has 2 aliphatic rings. The van der Waals surface area contributed by atoms with E-state index >= 15 is 24.0 Å². The maximum atomic E-state index is 15.4. The molecule has 0 saturated carbocycles. The molecule has 98 heavy (non-hydrogen) atoms. The van der Waals surface area contributed by atoms with E-state index in [0.717, 1.165) is 16.2 Å². The molecule has 2 aromatic carbocycles. The van der Waals surface area contributed by atoms with Gasteiger partial charge in [-0.2, -0.15) is 0 Å². The lowest BCUT2D eigenvalue weighted by Crippen LogP contribution is -2.61. The molecule has 546 valence electrons. The van der Waals surface area contributed by atoms with E-state index in [4.69, 9.17) is 4.74 Å². The summed E-state index contributed by atoms with van der Waals surface area (Å²) in [4.78, 5) is 188. The van der Waals surface area contributed by atoms with Crippen molar-refractivity contribution in [3.8, 4) is 5.75 Å². The van der Waals surface area contributed by atoms with Gasteiger partial charge >= 0.3 is 0 Å². The van der Waals surface area contributed by atoms with Crippen molar-refractivity contribution < 1.29 is 67.4 Å². The molecule has 0 spiro atoms. The second-order valence-corrected chi connectivity index (χ2v) is 28.1. The molecular weight excluding hydrogens is 1260 g/mol. The minimum atomic E-state index is -1.67. The molecule has 5 N–H and O–H groups in total. The first-order valence-electron chi connectivity index (χ1n) is 34.9. The maximum Gasteiger partial charge on any atom is 0.248 e. The highest BCUT2D eigenvalue weighted by Crippen LogP contribution is 2.23. The number of rotatable bonds is 18. The topological polar surface area (TPSA) is 308 Å². The zero-order valence-corrected chi connectivity index (χ0v) is 61.2. The second-order valence-electron chi connectivity index (χ2n) is 28.1. The van der Waals surface area contributed by atoms with Crippen molar-refractivity contribution >= 4 is 70.9 Å². The van der Waals surface area contributed by atoms with Gasteiger partial charge in [0, 0.05) is 61.8 Å². The van der Waals surface area contributed by atoms with Gasteiger partial charge in [-0.3, -0.25) is 57.5 Å². The molecule has 26 nitrogen and oxygen atoms in total. The van der Waals surface area contributed by atoms with Crippen molar-refractivity contribution in [3.63, 3.8) is 0 Å². The summed E-state index contributed by atoms with van der Waals surface area (Å²) in [6.45, 7) is 18.5. The van der Waals surface area contributed by atoms with Crippen molar-refractivity contribution in [2.24, 2.45) is 23.7 Å². The van der Waals surface area contributed by atoms with Gasteiger partial charge in [0.15, 0.2) is 0 Å². The van der Waals surface area contributed by atoms with Gasteiger partial charge in [0.2, 0.25) is 70.9 Å². The minimum Gasteiger partial charge on any atom is -0.492 e. The molecule has 0 aromatic heterocycles. The average molecular weight is 1370 g/mol. The van der Waals surface area contributed by atoms with Crippen molar-refractivity contribution in [1.29, 1.82) is 0 Å². The number of likely N-dealkylation sites (N-methyl/N-ethyl adjacent to an activating group) is 6. The quantitative estimate of drug-likeness (QED) is 0.143. The Morgan fingerprint density at radius 1 is 0.500 bits per heavy atom. The van der Waals surface area contributed by atoms with Crippen LogP contribution in [0.15, 0.2) is 60.7 Å². The maximum absolute atomic E-state index is 15.4. The molecule has 2 saturated heterocycles. The van der Waals surface area contributed by atoms with Crippen LogP contribution in [-0.4, -0.2) is 257 Å². The zero-order valence-electron chi connectivity index (χ0n) is 61.2. The number of para-hydroxylation sites is 1. The van der Waals surface area contributed by atoms with Crippen LogP contribution < -0.4 is 26.0 Å². The highest BCUT2D eigenvalue weighted by molar-refractivity contribution is 6.00. The number of aliphatic hydroxyl groups excluding tert-OH is 1. The van der Waals surface area contributed by atoms with Crippen LogP contribution in [-0.2, 0) is 64.0 Å². The number of nitrogens with zero attached hydrogens (tertiary/aromatic N) is 8. The van der Waals surface area contributed by atoms with Crippen LogP contribution in [0.4, 0.5) is 0 Å². The smallest absolute Gasteiger partial charge is 0.248 e. The third-order valence-electron chi connectivity index (χ3n) is 18.2. The monoisotopic (exact) mass is 1370 g/mol. The summed E-state index contributed by atoms with van der Waals surface area (Å²) in [5, 5.41) is 22.3. The largest absolute Gasteiger partial charge is 0.492 e. The number of aliphatic hydroxyl groups is 1. The molecular formula is C72H114N12O14. The van der Waals surface area contributed by atoms with Crippen LogP contribution in [0.3, 0.4) is 0 Å². The molecule has 2 aliphatic heterocycles. The Morgan fingerprint density at radius 3 is 1.51 bits per heavy atom. The Bertz CT molecular complexity index is 3000. The first-order chi connectivity index (χ1) is 46.1. The van der Waals surface area contributed by atoms with E-state index in [-0.39, 0.29) is 81.8 Å².